The summed E-state index contributed by atoms with van der Waals surface area (Å²) in [5.74, 6) is 0. The fraction of sp³-hybridized carbons (Fsp3) is 0.643. The normalized spacial score (nSPS) is 27.8. The molecule has 1 fully saturated rings. The van der Waals surface area contributed by atoms with Crippen LogP contribution in [0.15, 0.2) is 18.5 Å². The Kier molecular flexibility index (Phi) is 3.88. The van der Waals surface area contributed by atoms with Crippen LogP contribution in [0.5, 0.6) is 0 Å². The lowest BCUT2D eigenvalue weighted by atomic mass is 9.89. The van der Waals surface area contributed by atoms with Crippen LogP contribution in [-0.4, -0.2) is 37.5 Å². The van der Waals surface area contributed by atoms with Gasteiger partial charge >= 0.3 is 0 Å². The SMILES string of the molecule is c1cc2c(cn1)CCCC2NCC1COCCO1. The second-order valence-electron chi connectivity index (χ2n) is 5.00. The van der Waals surface area contributed by atoms with E-state index in [1.54, 1.807) is 0 Å². The third kappa shape index (κ3) is 2.71. The Hall–Kier alpha value is -0.970. The van der Waals surface area contributed by atoms with Gasteiger partial charge in [0.15, 0.2) is 0 Å². The molecule has 2 heterocycles. The van der Waals surface area contributed by atoms with Crippen molar-refractivity contribution in [3.05, 3.63) is 29.6 Å². The average Bonchev–Trinajstić information content (AvgIpc) is 2.46. The first-order valence-corrected chi connectivity index (χ1v) is 6.79. The van der Waals surface area contributed by atoms with Gasteiger partial charge in [0.2, 0.25) is 0 Å². The van der Waals surface area contributed by atoms with E-state index in [2.05, 4.69) is 16.4 Å². The highest BCUT2D eigenvalue weighted by molar-refractivity contribution is 5.29. The Balaban J connectivity index is 1.60. The highest BCUT2D eigenvalue weighted by atomic mass is 16.6. The third-order valence-corrected chi connectivity index (χ3v) is 3.73. The maximum atomic E-state index is 5.66. The minimum absolute atomic E-state index is 0.200. The van der Waals surface area contributed by atoms with Crippen molar-refractivity contribution in [3.63, 3.8) is 0 Å². The van der Waals surface area contributed by atoms with Crippen molar-refractivity contribution in [2.75, 3.05) is 26.4 Å². The molecule has 18 heavy (non-hydrogen) atoms. The van der Waals surface area contributed by atoms with E-state index < -0.39 is 0 Å². The Labute approximate surface area is 108 Å². The molecule has 2 aliphatic rings. The number of nitrogens with one attached hydrogen (secondary N) is 1. The van der Waals surface area contributed by atoms with E-state index in [4.69, 9.17) is 9.47 Å². The van der Waals surface area contributed by atoms with Crippen LogP contribution in [0.1, 0.15) is 30.0 Å². The van der Waals surface area contributed by atoms with Crippen molar-refractivity contribution in [3.8, 4) is 0 Å². The third-order valence-electron chi connectivity index (χ3n) is 3.73. The second kappa shape index (κ2) is 5.78. The van der Waals surface area contributed by atoms with Crippen LogP contribution in [0.4, 0.5) is 0 Å². The number of hydrogen-bond acceptors (Lipinski definition) is 4. The lowest BCUT2D eigenvalue weighted by Crippen LogP contribution is -2.39. The first-order valence-electron chi connectivity index (χ1n) is 6.79. The molecule has 1 aromatic heterocycles. The van der Waals surface area contributed by atoms with Crippen molar-refractivity contribution in [1.82, 2.24) is 10.3 Å². The molecule has 0 aromatic carbocycles. The van der Waals surface area contributed by atoms with Gasteiger partial charge in [-0.15, -0.1) is 0 Å². The summed E-state index contributed by atoms with van der Waals surface area (Å²) in [7, 11) is 0. The number of hydrogen-bond donors (Lipinski definition) is 1. The summed E-state index contributed by atoms with van der Waals surface area (Å²) >= 11 is 0. The maximum absolute atomic E-state index is 5.66. The number of pyridine rings is 1. The molecule has 4 heteroatoms. The standard InChI is InChI=1S/C14H20N2O2/c1-2-11-8-15-5-4-13(11)14(3-1)16-9-12-10-17-6-7-18-12/h4-5,8,12,14,16H,1-3,6-7,9-10H2. The summed E-state index contributed by atoms with van der Waals surface area (Å²) in [5, 5.41) is 3.61. The molecule has 2 unspecified atom stereocenters. The molecular weight excluding hydrogens is 228 g/mol. The van der Waals surface area contributed by atoms with Gasteiger partial charge in [0.1, 0.15) is 0 Å². The van der Waals surface area contributed by atoms with E-state index in [-0.39, 0.29) is 6.10 Å². The summed E-state index contributed by atoms with van der Waals surface area (Å²) in [6.45, 7) is 3.03. The predicted molar refractivity (Wildman–Crippen MR) is 68.5 cm³/mol. The minimum atomic E-state index is 0.200. The Bertz CT molecular complexity index is 391. The molecule has 0 radical (unpaired) electrons. The van der Waals surface area contributed by atoms with E-state index in [0.717, 1.165) is 26.2 Å². The number of ether oxygens (including phenoxy) is 2. The lowest BCUT2D eigenvalue weighted by Gasteiger charge is -2.29. The van der Waals surface area contributed by atoms with Crippen molar-refractivity contribution in [2.24, 2.45) is 0 Å². The molecule has 0 amide bonds. The van der Waals surface area contributed by atoms with Crippen molar-refractivity contribution < 1.29 is 9.47 Å². The summed E-state index contributed by atoms with van der Waals surface area (Å²) in [6, 6.07) is 2.59. The largest absolute Gasteiger partial charge is 0.376 e. The first-order chi connectivity index (χ1) is 8.93. The summed E-state index contributed by atoms with van der Waals surface area (Å²) < 4.78 is 11.1. The molecule has 0 bridgehead atoms. The van der Waals surface area contributed by atoms with Crippen LogP contribution < -0.4 is 5.32 Å². The van der Waals surface area contributed by atoms with Crippen LogP contribution in [0.25, 0.3) is 0 Å². The lowest BCUT2D eigenvalue weighted by molar-refractivity contribution is -0.0872. The molecule has 98 valence electrons. The van der Waals surface area contributed by atoms with Gasteiger partial charge in [-0.3, -0.25) is 4.98 Å². The fourth-order valence-electron chi connectivity index (χ4n) is 2.78. The molecule has 3 rings (SSSR count). The van der Waals surface area contributed by atoms with Crippen molar-refractivity contribution in [2.45, 2.75) is 31.4 Å². The Morgan fingerprint density at radius 2 is 2.39 bits per heavy atom. The number of fused-ring (bicyclic) bond motifs is 1. The van der Waals surface area contributed by atoms with Crippen LogP contribution in [0.2, 0.25) is 0 Å². The van der Waals surface area contributed by atoms with E-state index in [9.17, 15) is 0 Å². The van der Waals surface area contributed by atoms with Gasteiger partial charge < -0.3 is 14.8 Å². The monoisotopic (exact) mass is 248 g/mol. The van der Waals surface area contributed by atoms with Crippen LogP contribution >= 0.6 is 0 Å². The maximum Gasteiger partial charge on any atom is 0.0933 e. The molecule has 1 N–H and O–H groups in total. The van der Waals surface area contributed by atoms with E-state index in [0.29, 0.717) is 12.6 Å². The molecule has 4 nitrogen and oxygen atoms in total. The van der Waals surface area contributed by atoms with Crippen LogP contribution in [0.3, 0.4) is 0 Å². The highest BCUT2D eigenvalue weighted by Gasteiger charge is 2.21. The average molecular weight is 248 g/mol. The quantitative estimate of drug-likeness (QED) is 0.879. The summed E-state index contributed by atoms with van der Waals surface area (Å²) in [5.41, 5.74) is 2.80. The fourth-order valence-corrected chi connectivity index (χ4v) is 2.78. The van der Waals surface area contributed by atoms with Gasteiger partial charge in [-0.2, -0.15) is 0 Å². The van der Waals surface area contributed by atoms with Gasteiger partial charge in [0.05, 0.1) is 25.9 Å². The zero-order valence-corrected chi connectivity index (χ0v) is 10.6. The Morgan fingerprint density at radius 3 is 3.28 bits per heavy atom. The van der Waals surface area contributed by atoms with Gasteiger partial charge in [0, 0.05) is 25.0 Å². The van der Waals surface area contributed by atoms with Crippen LogP contribution in [0, 0.1) is 0 Å². The van der Waals surface area contributed by atoms with Crippen LogP contribution in [-0.2, 0) is 15.9 Å². The molecule has 0 spiro atoms. The number of rotatable bonds is 3. The smallest absolute Gasteiger partial charge is 0.0933 e. The number of aryl methyl sites for hydroxylation is 1. The van der Waals surface area contributed by atoms with E-state index in [1.807, 2.05) is 12.4 Å². The number of aromatic nitrogens is 1. The molecule has 1 aliphatic heterocycles. The minimum Gasteiger partial charge on any atom is -0.376 e. The van der Waals surface area contributed by atoms with E-state index in [1.165, 1.54) is 24.0 Å². The highest BCUT2D eigenvalue weighted by Crippen LogP contribution is 2.28. The molecule has 1 aliphatic carbocycles. The zero-order chi connectivity index (χ0) is 12.2. The second-order valence-corrected chi connectivity index (χ2v) is 5.00. The summed E-state index contributed by atoms with van der Waals surface area (Å²) in [4.78, 5) is 4.21. The topological polar surface area (TPSA) is 43.4 Å². The van der Waals surface area contributed by atoms with Gasteiger partial charge in [0.25, 0.3) is 0 Å². The van der Waals surface area contributed by atoms with Crippen molar-refractivity contribution >= 4 is 0 Å². The van der Waals surface area contributed by atoms with Gasteiger partial charge in [-0.25, -0.2) is 0 Å². The van der Waals surface area contributed by atoms with Crippen molar-refractivity contribution in [1.29, 1.82) is 0 Å². The predicted octanol–water partition coefficient (Wildman–Crippen LogP) is 1.46. The molecule has 2 atom stereocenters. The Morgan fingerprint density at radius 1 is 1.39 bits per heavy atom. The van der Waals surface area contributed by atoms with Gasteiger partial charge in [-0.1, -0.05) is 0 Å². The molecule has 1 aromatic rings. The van der Waals surface area contributed by atoms with Gasteiger partial charge in [-0.05, 0) is 36.5 Å². The molecule has 0 saturated carbocycles. The van der Waals surface area contributed by atoms with E-state index >= 15 is 0 Å². The zero-order valence-electron chi connectivity index (χ0n) is 10.6. The summed E-state index contributed by atoms with van der Waals surface area (Å²) in [6.07, 6.45) is 7.68. The number of nitrogens with zero attached hydrogens (tertiary/aromatic N) is 1. The molecule has 1 saturated heterocycles. The first kappa shape index (κ1) is 12.1. The molecular formula is C14H20N2O2.